The Balaban J connectivity index is 2.29. The van der Waals surface area contributed by atoms with Crippen molar-refractivity contribution < 1.29 is 9.47 Å². The lowest BCUT2D eigenvalue weighted by atomic mass is 10.1. The van der Waals surface area contributed by atoms with Crippen molar-refractivity contribution in [3.05, 3.63) is 33.8 Å². The van der Waals surface area contributed by atoms with Gasteiger partial charge in [0.15, 0.2) is 6.29 Å². The lowest BCUT2D eigenvalue weighted by Crippen LogP contribution is -2.00. The van der Waals surface area contributed by atoms with Gasteiger partial charge in [-0.1, -0.05) is 22.0 Å². The monoisotopic (exact) mass is 242 g/mol. The third-order valence-electron chi connectivity index (χ3n) is 2.11. The van der Waals surface area contributed by atoms with Gasteiger partial charge in [0.1, 0.15) is 0 Å². The second-order valence-corrected chi connectivity index (χ2v) is 3.99. The molecule has 0 saturated carbocycles. The van der Waals surface area contributed by atoms with Gasteiger partial charge < -0.3 is 9.47 Å². The normalized spacial score (nSPS) is 18.0. The maximum atomic E-state index is 5.42. The molecule has 1 aliphatic rings. The molecular formula is C10H11BrO2. The van der Waals surface area contributed by atoms with E-state index in [0.29, 0.717) is 13.2 Å². The Morgan fingerprint density at radius 1 is 1.31 bits per heavy atom. The molecule has 0 spiro atoms. The highest BCUT2D eigenvalue weighted by Crippen LogP contribution is 2.27. The summed E-state index contributed by atoms with van der Waals surface area (Å²) in [6, 6.07) is 6.11. The number of benzene rings is 1. The van der Waals surface area contributed by atoms with E-state index in [-0.39, 0.29) is 6.29 Å². The first-order chi connectivity index (χ1) is 6.27. The standard InChI is InChI=1S/C10H11BrO2/c1-7-6-8(11)2-3-9(7)10-12-4-5-13-10/h2-3,6,10H,4-5H2,1H3. The average molecular weight is 243 g/mol. The summed E-state index contributed by atoms with van der Waals surface area (Å²) in [5.74, 6) is 0. The maximum Gasteiger partial charge on any atom is 0.184 e. The molecule has 1 aromatic carbocycles. The first kappa shape index (κ1) is 9.19. The largest absolute Gasteiger partial charge is 0.346 e. The Hall–Kier alpha value is -0.380. The summed E-state index contributed by atoms with van der Waals surface area (Å²) in [7, 11) is 0. The molecular weight excluding hydrogens is 232 g/mol. The summed E-state index contributed by atoms with van der Waals surface area (Å²) in [5.41, 5.74) is 2.32. The molecule has 0 aliphatic carbocycles. The van der Waals surface area contributed by atoms with Gasteiger partial charge in [0.25, 0.3) is 0 Å². The van der Waals surface area contributed by atoms with Crippen LogP contribution in [0, 0.1) is 6.92 Å². The molecule has 0 N–H and O–H groups in total. The first-order valence-corrected chi connectivity index (χ1v) is 5.06. The zero-order chi connectivity index (χ0) is 9.26. The highest BCUT2D eigenvalue weighted by atomic mass is 79.9. The fourth-order valence-corrected chi connectivity index (χ4v) is 1.92. The van der Waals surface area contributed by atoms with Crippen LogP contribution in [0.4, 0.5) is 0 Å². The van der Waals surface area contributed by atoms with E-state index in [1.54, 1.807) is 0 Å². The lowest BCUT2D eigenvalue weighted by molar-refractivity contribution is -0.0445. The summed E-state index contributed by atoms with van der Waals surface area (Å²) in [5, 5.41) is 0. The fraction of sp³-hybridized carbons (Fsp3) is 0.400. The summed E-state index contributed by atoms with van der Waals surface area (Å²) in [4.78, 5) is 0. The zero-order valence-electron chi connectivity index (χ0n) is 7.42. The van der Waals surface area contributed by atoms with Crippen LogP contribution in [0.2, 0.25) is 0 Å². The van der Waals surface area contributed by atoms with Gasteiger partial charge in [0, 0.05) is 10.0 Å². The second kappa shape index (κ2) is 3.78. The molecule has 1 saturated heterocycles. The van der Waals surface area contributed by atoms with Crippen molar-refractivity contribution in [1.82, 2.24) is 0 Å². The molecule has 2 nitrogen and oxygen atoms in total. The zero-order valence-corrected chi connectivity index (χ0v) is 9.00. The maximum absolute atomic E-state index is 5.42. The van der Waals surface area contributed by atoms with E-state index in [4.69, 9.17) is 9.47 Å². The molecule has 0 aromatic heterocycles. The minimum atomic E-state index is -0.159. The number of hydrogen-bond donors (Lipinski definition) is 0. The van der Waals surface area contributed by atoms with Crippen LogP contribution < -0.4 is 0 Å². The van der Waals surface area contributed by atoms with Crippen molar-refractivity contribution in [1.29, 1.82) is 0 Å². The molecule has 1 fully saturated rings. The Kier molecular flexibility index (Phi) is 2.67. The van der Waals surface area contributed by atoms with Gasteiger partial charge in [0.2, 0.25) is 0 Å². The Bertz CT molecular complexity index is 306. The minimum Gasteiger partial charge on any atom is -0.346 e. The molecule has 0 bridgehead atoms. The van der Waals surface area contributed by atoms with Gasteiger partial charge in [-0.05, 0) is 24.6 Å². The van der Waals surface area contributed by atoms with Crippen LogP contribution in [0.1, 0.15) is 17.4 Å². The van der Waals surface area contributed by atoms with Gasteiger partial charge in [-0.15, -0.1) is 0 Å². The highest BCUT2D eigenvalue weighted by molar-refractivity contribution is 9.10. The molecule has 2 rings (SSSR count). The van der Waals surface area contributed by atoms with Gasteiger partial charge in [-0.3, -0.25) is 0 Å². The Morgan fingerprint density at radius 3 is 2.62 bits per heavy atom. The molecule has 13 heavy (non-hydrogen) atoms. The van der Waals surface area contributed by atoms with Crippen molar-refractivity contribution in [2.45, 2.75) is 13.2 Å². The van der Waals surface area contributed by atoms with Crippen LogP contribution in [0.3, 0.4) is 0 Å². The van der Waals surface area contributed by atoms with Gasteiger partial charge >= 0.3 is 0 Å². The third kappa shape index (κ3) is 1.93. The molecule has 1 heterocycles. The molecule has 1 aromatic rings. The molecule has 70 valence electrons. The summed E-state index contributed by atoms with van der Waals surface area (Å²) < 4.78 is 11.9. The molecule has 0 radical (unpaired) electrons. The average Bonchev–Trinajstić information content (AvgIpc) is 2.56. The van der Waals surface area contributed by atoms with Crippen molar-refractivity contribution >= 4 is 15.9 Å². The highest BCUT2D eigenvalue weighted by Gasteiger charge is 2.19. The van der Waals surface area contributed by atoms with E-state index >= 15 is 0 Å². The van der Waals surface area contributed by atoms with E-state index in [2.05, 4.69) is 28.9 Å². The topological polar surface area (TPSA) is 18.5 Å². The summed E-state index contributed by atoms with van der Waals surface area (Å²) in [6.07, 6.45) is -0.159. The van der Waals surface area contributed by atoms with Crippen molar-refractivity contribution in [2.24, 2.45) is 0 Å². The predicted molar refractivity (Wildman–Crippen MR) is 53.5 cm³/mol. The molecule has 0 amide bonds. The first-order valence-electron chi connectivity index (χ1n) is 4.26. The van der Waals surface area contributed by atoms with Crippen molar-refractivity contribution in [3.63, 3.8) is 0 Å². The smallest absolute Gasteiger partial charge is 0.184 e. The Morgan fingerprint density at radius 2 is 2.00 bits per heavy atom. The molecule has 3 heteroatoms. The van der Waals surface area contributed by atoms with Crippen molar-refractivity contribution in [3.8, 4) is 0 Å². The van der Waals surface area contributed by atoms with E-state index in [0.717, 1.165) is 10.0 Å². The van der Waals surface area contributed by atoms with Gasteiger partial charge in [-0.2, -0.15) is 0 Å². The van der Waals surface area contributed by atoms with E-state index in [1.165, 1.54) is 5.56 Å². The third-order valence-corrected chi connectivity index (χ3v) is 2.60. The van der Waals surface area contributed by atoms with Crippen molar-refractivity contribution in [2.75, 3.05) is 13.2 Å². The quantitative estimate of drug-likeness (QED) is 0.755. The number of ether oxygens (including phenoxy) is 2. The van der Waals surface area contributed by atoms with Crippen LogP contribution in [0.15, 0.2) is 22.7 Å². The molecule has 0 atom stereocenters. The van der Waals surface area contributed by atoms with Gasteiger partial charge in [-0.25, -0.2) is 0 Å². The number of halogens is 1. The number of rotatable bonds is 1. The second-order valence-electron chi connectivity index (χ2n) is 3.07. The predicted octanol–water partition coefficient (Wildman–Crippen LogP) is 2.80. The van der Waals surface area contributed by atoms with E-state index < -0.39 is 0 Å². The molecule has 0 unspecified atom stereocenters. The van der Waals surface area contributed by atoms with E-state index in [9.17, 15) is 0 Å². The summed E-state index contributed by atoms with van der Waals surface area (Å²) in [6.45, 7) is 3.45. The number of aryl methyl sites for hydroxylation is 1. The van der Waals surface area contributed by atoms with Crippen LogP contribution >= 0.6 is 15.9 Å². The van der Waals surface area contributed by atoms with Crippen LogP contribution in [-0.4, -0.2) is 13.2 Å². The Labute approximate surface area is 86.0 Å². The van der Waals surface area contributed by atoms with Crippen LogP contribution in [0.25, 0.3) is 0 Å². The van der Waals surface area contributed by atoms with Crippen LogP contribution in [-0.2, 0) is 9.47 Å². The molecule has 1 aliphatic heterocycles. The number of hydrogen-bond acceptors (Lipinski definition) is 2. The summed E-state index contributed by atoms with van der Waals surface area (Å²) >= 11 is 3.42. The van der Waals surface area contributed by atoms with Crippen LogP contribution in [0.5, 0.6) is 0 Å². The lowest BCUT2D eigenvalue weighted by Gasteiger charge is -2.12. The SMILES string of the molecule is Cc1cc(Br)ccc1C1OCCO1. The van der Waals surface area contributed by atoms with E-state index in [1.807, 2.05) is 12.1 Å². The minimum absolute atomic E-state index is 0.159. The van der Waals surface area contributed by atoms with Gasteiger partial charge in [0.05, 0.1) is 13.2 Å². The fourth-order valence-electron chi connectivity index (χ4n) is 1.44.